The molecule has 1 atom stereocenters. The normalized spacial score (nSPS) is 24.2. The maximum Gasteiger partial charge on any atom is 0.0316 e. The van der Waals surface area contributed by atoms with Crippen LogP contribution in [0.25, 0.3) is 0 Å². The van der Waals surface area contributed by atoms with Crippen LogP contribution in [0.1, 0.15) is 37.3 Å². The minimum atomic E-state index is 0.324. The Morgan fingerprint density at radius 2 is 2.05 bits per heavy atom. The van der Waals surface area contributed by atoms with Gasteiger partial charge in [0.1, 0.15) is 0 Å². The molecule has 104 valence electrons. The summed E-state index contributed by atoms with van der Waals surface area (Å²) in [6.07, 6.45) is 7.28. The molecule has 0 amide bonds. The van der Waals surface area contributed by atoms with Crippen molar-refractivity contribution in [2.24, 2.45) is 5.41 Å². The van der Waals surface area contributed by atoms with E-state index in [2.05, 4.69) is 18.7 Å². The zero-order chi connectivity index (χ0) is 14.3. The highest BCUT2D eigenvalue weighted by Crippen LogP contribution is 2.52. The van der Waals surface area contributed by atoms with E-state index in [0.717, 1.165) is 43.5 Å². The minimum absolute atomic E-state index is 0.324. The first-order chi connectivity index (χ1) is 9.51. The molecule has 0 aromatic heterocycles. The van der Waals surface area contributed by atoms with Gasteiger partial charge in [-0.15, -0.1) is 0 Å². The summed E-state index contributed by atoms with van der Waals surface area (Å²) in [6.45, 7) is 5.86. The van der Waals surface area contributed by atoms with Gasteiger partial charge in [0.2, 0.25) is 0 Å². The average molecular weight is 266 g/mol. The van der Waals surface area contributed by atoms with Gasteiger partial charge in [-0.3, -0.25) is 0 Å². The number of hydrogen-bond donors (Lipinski definition) is 2. The molecule has 0 saturated heterocycles. The van der Waals surface area contributed by atoms with Gasteiger partial charge in [0.25, 0.3) is 0 Å². The van der Waals surface area contributed by atoms with E-state index >= 15 is 0 Å². The topological polar surface area (TPSA) is 49.9 Å². The second-order valence-corrected chi connectivity index (χ2v) is 6.53. The highest BCUT2D eigenvalue weighted by atomic mass is 14.6. The Kier molecular flexibility index (Phi) is 3.04. The third kappa shape index (κ3) is 2.20. The number of nitrogens with two attached hydrogens (primary N) is 1. The Morgan fingerprint density at radius 1 is 1.30 bits per heavy atom. The van der Waals surface area contributed by atoms with Gasteiger partial charge in [-0.25, -0.2) is 0 Å². The lowest BCUT2D eigenvalue weighted by Gasteiger charge is -2.23. The Labute approximate surface area is 120 Å². The van der Waals surface area contributed by atoms with Crippen LogP contribution >= 0.6 is 0 Å². The summed E-state index contributed by atoms with van der Waals surface area (Å²) in [6, 6.07) is 6.33. The zero-order valence-corrected chi connectivity index (χ0v) is 12.1. The molecule has 1 aromatic carbocycles. The summed E-state index contributed by atoms with van der Waals surface area (Å²) in [7, 11) is 0. The Bertz CT molecular complexity index is 624. The van der Waals surface area contributed by atoms with Crippen molar-refractivity contribution in [3.63, 3.8) is 0 Å². The van der Waals surface area contributed by atoms with Gasteiger partial charge in [0.05, 0.1) is 0 Å². The molecular weight excluding hydrogens is 244 g/mol. The molecule has 1 unspecified atom stereocenters. The maximum absolute atomic E-state index is 7.76. The van der Waals surface area contributed by atoms with Crippen LogP contribution in [0.4, 0.5) is 5.69 Å². The number of nitrogens with one attached hydrogen (secondary N) is 1. The van der Waals surface area contributed by atoms with Crippen LogP contribution in [0.2, 0.25) is 0 Å². The van der Waals surface area contributed by atoms with Crippen LogP contribution in [0, 0.1) is 10.8 Å². The monoisotopic (exact) mass is 266 g/mol. The summed E-state index contributed by atoms with van der Waals surface area (Å²) in [4.78, 5) is 0. The lowest BCUT2D eigenvalue weighted by atomic mass is 9.80. The molecule has 0 fully saturated rings. The van der Waals surface area contributed by atoms with Crippen LogP contribution in [0.3, 0.4) is 0 Å². The molecule has 2 heteroatoms. The summed E-state index contributed by atoms with van der Waals surface area (Å²) in [5.74, 6) is 0. The molecule has 3 rings (SSSR count). The van der Waals surface area contributed by atoms with Crippen molar-refractivity contribution < 1.29 is 0 Å². The van der Waals surface area contributed by atoms with E-state index in [1.165, 1.54) is 22.3 Å². The largest absolute Gasteiger partial charge is 0.399 e. The molecule has 1 aromatic rings. The Balaban J connectivity index is 1.85. The van der Waals surface area contributed by atoms with Crippen LogP contribution in [-0.2, 0) is 12.8 Å². The molecule has 20 heavy (non-hydrogen) atoms. The molecule has 1 spiro atoms. The fraction of sp³-hybridized carbons (Fsp3) is 0.389. The smallest absolute Gasteiger partial charge is 0.0316 e. The number of allylic oxidation sites excluding steroid dienone is 3. The lowest BCUT2D eigenvalue weighted by Crippen LogP contribution is -2.17. The summed E-state index contributed by atoms with van der Waals surface area (Å²) < 4.78 is 0. The number of rotatable bonds is 3. The molecule has 0 radical (unpaired) electrons. The van der Waals surface area contributed by atoms with Crippen molar-refractivity contribution in [1.29, 1.82) is 5.41 Å². The van der Waals surface area contributed by atoms with Crippen molar-refractivity contribution in [3.8, 4) is 0 Å². The van der Waals surface area contributed by atoms with Crippen LogP contribution < -0.4 is 5.73 Å². The number of nitrogen functional groups attached to an aromatic ring is 1. The third-order valence-corrected chi connectivity index (χ3v) is 4.69. The van der Waals surface area contributed by atoms with Crippen molar-refractivity contribution in [2.45, 2.75) is 39.0 Å². The van der Waals surface area contributed by atoms with E-state index in [1.807, 2.05) is 19.1 Å². The molecule has 0 bridgehead atoms. The highest BCUT2D eigenvalue weighted by Gasteiger charge is 2.42. The first-order valence-corrected chi connectivity index (χ1v) is 7.26. The summed E-state index contributed by atoms with van der Waals surface area (Å²) in [5.41, 5.74) is 13.5. The number of benzene rings is 1. The van der Waals surface area contributed by atoms with E-state index in [1.54, 1.807) is 0 Å². The molecular formula is C18H22N2. The molecule has 0 saturated carbocycles. The standard InChI is InChI=1S/C18H22N2/c1-3-13-8-18(10-15(13)6-12(2)19)9-14-4-5-17(20)7-16(14)11-18/h3-5,7,19H,1,6,8-11,20H2,2H3. The van der Waals surface area contributed by atoms with E-state index in [-0.39, 0.29) is 0 Å². The summed E-state index contributed by atoms with van der Waals surface area (Å²) >= 11 is 0. The number of anilines is 1. The van der Waals surface area contributed by atoms with Crippen molar-refractivity contribution in [3.05, 3.63) is 53.1 Å². The SMILES string of the molecule is C=CC1=C(CC(C)=N)CC2(C1)Cc1ccc(N)cc1C2. The van der Waals surface area contributed by atoms with E-state index in [4.69, 9.17) is 11.1 Å². The van der Waals surface area contributed by atoms with Gasteiger partial charge >= 0.3 is 0 Å². The maximum atomic E-state index is 7.76. The van der Waals surface area contributed by atoms with Gasteiger partial charge < -0.3 is 11.1 Å². The average Bonchev–Trinajstić information content (AvgIpc) is 2.88. The first-order valence-electron chi connectivity index (χ1n) is 7.26. The van der Waals surface area contributed by atoms with Crippen LogP contribution in [0.5, 0.6) is 0 Å². The van der Waals surface area contributed by atoms with Crippen LogP contribution in [0.15, 0.2) is 42.0 Å². The van der Waals surface area contributed by atoms with Gasteiger partial charge in [0, 0.05) is 17.8 Å². The van der Waals surface area contributed by atoms with E-state index in [0.29, 0.717) is 5.41 Å². The molecule has 0 heterocycles. The first kappa shape index (κ1) is 13.2. The summed E-state index contributed by atoms with van der Waals surface area (Å²) in [5, 5.41) is 7.76. The minimum Gasteiger partial charge on any atom is -0.399 e. The number of hydrogen-bond acceptors (Lipinski definition) is 2. The highest BCUT2D eigenvalue weighted by molar-refractivity contribution is 5.81. The molecule has 0 aliphatic heterocycles. The fourth-order valence-corrected chi connectivity index (χ4v) is 3.97. The second kappa shape index (κ2) is 4.62. The molecule has 2 aliphatic rings. The fourth-order valence-electron chi connectivity index (χ4n) is 3.97. The third-order valence-electron chi connectivity index (χ3n) is 4.69. The van der Waals surface area contributed by atoms with E-state index < -0.39 is 0 Å². The lowest BCUT2D eigenvalue weighted by molar-refractivity contribution is 0.324. The van der Waals surface area contributed by atoms with Gasteiger partial charge in [-0.05, 0) is 66.9 Å². The van der Waals surface area contributed by atoms with Crippen molar-refractivity contribution in [2.75, 3.05) is 5.73 Å². The predicted octanol–water partition coefficient (Wildman–Crippen LogP) is 4.06. The van der Waals surface area contributed by atoms with E-state index in [9.17, 15) is 0 Å². The number of fused-ring (bicyclic) bond motifs is 1. The van der Waals surface area contributed by atoms with Crippen molar-refractivity contribution >= 4 is 11.4 Å². The molecule has 2 aliphatic carbocycles. The Morgan fingerprint density at radius 3 is 2.75 bits per heavy atom. The van der Waals surface area contributed by atoms with Gasteiger partial charge in [-0.1, -0.05) is 24.3 Å². The second-order valence-electron chi connectivity index (χ2n) is 6.53. The quantitative estimate of drug-likeness (QED) is 0.629. The molecule has 3 N–H and O–H groups in total. The Hall–Kier alpha value is -1.83. The van der Waals surface area contributed by atoms with Gasteiger partial charge in [0.15, 0.2) is 0 Å². The zero-order valence-electron chi connectivity index (χ0n) is 12.1. The predicted molar refractivity (Wildman–Crippen MR) is 85.2 cm³/mol. The van der Waals surface area contributed by atoms with Crippen molar-refractivity contribution in [1.82, 2.24) is 0 Å². The van der Waals surface area contributed by atoms with Crippen LogP contribution in [-0.4, -0.2) is 5.71 Å². The molecule has 2 nitrogen and oxygen atoms in total. The van der Waals surface area contributed by atoms with Gasteiger partial charge in [-0.2, -0.15) is 0 Å².